The van der Waals surface area contributed by atoms with Gasteiger partial charge in [-0.3, -0.25) is 19.3 Å². The molecule has 1 aliphatic heterocycles. The van der Waals surface area contributed by atoms with Gasteiger partial charge in [-0.2, -0.15) is 5.26 Å². The second-order valence-corrected chi connectivity index (χ2v) is 8.48. The van der Waals surface area contributed by atoms with Gasteiger partial charge in [-0.05, 0) is 43.9 Å². The van der Waals surface area contributed by atoms with Crippen LogP contribution in [0.5, 0.6) is 0 Å². The fraction of sp³-hybridized carbons (Fsp3) is 0.333. The lowest BCUT2D eigenvalue weighted by molar-refractivity contribution is -0.120. The first kappa shape index (κ1) is 19.8. The van der Waals surface area contributed by atoms with Crippen LogP contribution < -0.4 is 5.32 Å². The number of carbonyl (C=O) groups is 3. The molecule has 144 valence electrons. The Morgan fingerprint density at radius 3 is 2.25 bits per heavy atom. The van der Waals surface area contributed by atoms with Gasteiger partial charge in [0.2, 0.25) is 5.91 Å². The van der Waals surface area contributed by atoms with E-state index in [9.17, 15) is 19.6 Å². The molecule has 0 spiro atoms. The minimum atomic E-state index is -0.943. The fourth-order valence-corrected chi connectivity index (χ4v) is 4.33. The number of thiophene rings is 1. The molecule has 1 N–H and O–H groups in total. The summed E-state index contributed by atoms with van der Waals surface area (Å²) in [6.45, 7) is 7.57. The van der Waals surface area contributed by atoms with E-state index in [-0.39, 0.29) is 5.92 Å². The van der Waals surface area contributed by atoms with Crippen LogP contribution in [0.3, 0.4) is 0 Å². The summed E-state index contributed by atoms with van der Waals surface area (Å²) in [7, 11) is 0. The van der Waals surface area contributed by atoms with Crippen molar-refractivity contribution in [3.63, 3.8) is 0 Å². The van der Waals surface area contributed by atoms with Crippen LogP contribution in [0.4, 0.5) is 5.00 Å². The van der Waals surface area contributed by atoms with Gasteiger partial charge >= 0.3 is 0 Å². The lowest BCUT2D eigenvalue weighted by atomic mass is 10.0. The summed E-state index contributed by atoms with van der Waals surface area (Å²) in [6.07, 6.45) is 0.336. The predicted molar refractivity (Wildman–Crippen MR) is 107 cm³/mol. The first-order valence-corrected chi connectivity index (χ1v) is 9.85. The van der Waals surface area contributed by atoms with Crippen molar-refractivity contribution >= 4 is 34.1 Å². The van der Waals surface area contributed by atoms with Gasteiger partial charge in [-0.15, -0.1) is 11.3 Å². The molecule has 0 aliphatic carbocycles. The van der Waals surface area contributed by atoms with E-state index in [0.717, 1.165) is 15.3 Å². The van der Waals surface area contributed by atoms with Crippen molar-refractivity contribution in [3.05, 3.63) is 51.4 Å². The highest BCUT2D eigenvalue weighted by Gasteiger charge is 2.43. The number of rotatable bonds is 5. The smallest absolute Gasteiger partial charge is 0.262 e. The second-order valence-electron chi connectivity index (χ2n) is 7.26. The molecular weight excluding hydrogens is 374 g/mol. The second kappa shape index (κ2) is 7.56. The Bertz CT molecular complexity index is 981. The molecule has 2 aromatic rings. The summed E-state index contributed by atoms with van der Waals surface area (Å²) in [4.78, 5) is 40.8. The molecule has 7 heteroatoms. The van der Waals surface area contributed by atoms with Crippen LogP contribution in [0.25, 0.3) is 0 Å². The zero-order valence-electron chi connectivity index (χ0n) is 16.2. The molecule has 1 atom stereocenters. The largest absolute Gasteiger partial charge is 0.315 e. The molecule has 3 rings (SSSR count). The average molecular weight is 395 g/mol. The summed E-state index contributed by atoms with van der Waals surface area (Å²) < 4.78 is 0. The van der Waals surface area contributed by atoms with E-state index >= 15 is 0 Å². The summed E-state index contributed by atoms with van der Waals surface area (Å²) in [5, 5.41) is 12.6. The van der Waals surface area contributed by atoms with Gasteiger partial charge in [-0.1, -0.05) is 26.0 Å². The van der Waals surface area contributed by atoms with Gasteiger partial charge in [0.15, 0.2) is 0 Å². The average Bonchev–Trinajstić information content (AvgIpc) is 3.06. The normalized spacial score (nSPS) is 14.2. The number of amides is 3. The highest BCUT2D eigenvalue weighted by molar-refractivity contribution is 7.16. The van der Waals surface area contributed by atoms with E-state index in [1.165, 1.54) is 11.3 Å². The number of carbonyl (C=O) groups excluding carboxylic acids is 3. The van der Waals surface area contributed by atoms with Crippen LogP contribution in [-0.2, 0) is 4.79 Å². The highest BCUT2D eigenvalue weighted by Crippen LogP contribution is 2.33. The van der Waals surface area contributed by atoms with Crippen LogP contribution in [-0.4, -0.2) is 28.7 Å². The van der Waals surface area contributed by atoms with E-state index in [2.05, 4.69) is 11.4 Å². The van der Waals surface area contributed by atoms with E-state index in [0.29, 0.717) is 28.1 Å². The summed E-state index contributed by atoms with van der Waals surface area (Å²) >= 11 is 1.32. The number of nitrogens with one attached hydrogen (secondary N) is 1. The Hall–Kier alpha value is -2.98. The van der Waals surface area contributed by atoms with Gasteiger partial charge in [0.1, 0.15) is 17.1 Å². The monoisotopic (exact) mass is 395 g/mol. The zero-order chi connectivity index (χ0) is 20.6. The fourth-order valence-electron chi connectivity index (χ4n) is 3.31. The Balaban J connectivity index is 1.95. The molecule has 3 amide bonds. The van der Waals surface area contributed by atoms with Crippen LogP contribution >= 0.6 is 11.3 Å². The molecule has 6 nitrogen and oxygen atoms in total. The third-order valence-electron chi connectivity index (χ3n) is 4.87. The molecule has 28 heavy (non-hydrogen) atoms. The van der Waals surface area contributed by atoms with Crippen molar-refractivity contribution in [3.8, 4) is 6.07 Å². The molecule has 0 saturated heterocycles. The Labute approximate surface area is 167 Å². The standard InChI is InChI=1S/C21H21N3O3S/c1-11(2)9-17(18(25)23-19-16(10-22)12(3)13(4)28-19)24-20(26)14-7-5-6-8-15(14)21(24)27/h5-8,11,17H,9H2,1-4H3,(H,23,25). The molecule has 0 bridgehead atoms. The van der Waals surface area contributed by atoms with Crippen LogP contribution in [0, 0.1) is 31.1 Å². The highest BCUT2D eigenvalue weighted by atomic mass is 32.1. The van der Waals surface area contributed by atoms with Crippen LogP contribution in [0.1, 0.15) is 57.0 Å². The van der Waals surface area contributed by atoms with E-state index in [1.807, 2.05) is 27.7 Å². The van der Waals surface area contributed by atoms with E-state index < -0.39 is 23.8 Å². The molecule has 1 aliphatic rings. The number of fused-ring (bicyclic) bond motifs is 1. The zero-order valence-corrected chi connectivity index (χ0v) is 17.0. The van der Waals surface area contributed by atoms with Gasteiger partial charge in [0, 0.05) is 4.88 Å². The van der Waals surface area contributed by atoms with Crippen molar-refractivity contribution < 1.29 is 14.4 Å². The number of benzene rings is 1. The number of nitriles is 1. The molecule has 1 unspecified atom stereocenters. The first-order chi connectivity index (χ1) is 13.3. The van der Waals surface area contributed by atoms with Gasteiger partial charge in [0.25, 0.3) is 11.8 Å². The van der Waals surface area contributed by atoms with E-state index in [1.54, 1.807) is 24.3 Å². The number of imide groups is 1. The Morgan fingerprint density at radius 1 is 1.18 bits per heavy atom. The van der Waals surface area contributed by atoms with Crippen molar-refractivity contribution in [1.82, 2.24) is 4.90 Å². The summed E-state index contributed by atoms with van der Waals surface area (Å²) in [5.41, 5.74) is 1.87. The van der Waals surface area contributed by atoms with Crippen molar-refractivity contribution in [2.45, 2.75) is 40.2 Å². The van der Waals surface area contributed by atoms with Crippen molar-refractivity contribution in [2.75, 3.05) is 5.32 Å². The third-order valence-corrected chi connectivity index (χ3v) is 5.99. The molecule has 0 fully saturated rings. The van der Waals surface area contributed by atoms with Crippen LogP contribution in [0.15, 0.2) is 24.3 Å². The molecular formula is C21H21N3O3S. The van der Waals surface area contributed by atoms with Crippen LogP contribution in [0.2, 0.25) is 0 Å². The maximum absolute atomic E-state index is 13.1. The minimum absolute atomic E-state index is 0.0855. The summed E-state index contributed by atoms with van der Waals surface area (Å²) in [5.74, 6) is -1.29. The third kappa shape index (κ3) is 3.32. The molecule has 1 aromatic heterocycles. The van der Waals surface area contributed by atoms with Gasteiger partial charge < -0.3 is 5.32 Å². The maximum atomic E-state index is 13.1. The Morgan fingerprint density at radius 2 is 1.75 bits per heavy atom. The molecule has 0 saturated carbocycles. The van der Waals surface area contributed by atoms with E-state index in [4.69, 9.17) is 0 Å². The summed E-state index contributed by atoms with van der Waals surface area (Å²) in [6, 6.07) is 7.76. The quantitative estimate of drug-likeness (QED) is 0.778. The number of nitrogens with zero attached hydrogens (tertiary/aromatic N) is 2. The van der Waals surface area contributed by atoms with Crippen molar-refractivity contribution in [2.24, 2.45) is 5.92 Å². The molecule has 1 aromatic carbocycles. The molecule has 0 radical (unpaired) electrons. The lowest BCUT2D eigenvalue weighted by Crippen LogP contribution is -2.47. The minimum Gasteiger partial charge on any atom is -0.315 e. The Kier molecular flexibility index (Phi) is 5.34. The number of hydrogen-bond donors (Lipinski definition) is 1. The number of aryl methyl sites for hydroxylation is 1. The van der Waals surface area contributed by atoms with Gasteiger partial charge in [0.05, 0.1) is 16.7 Å². The lowest BCUT2D eigenvalue weighted by Gasteiger charge is -2.26. The number of anilines is 1. The maximum Gasteiger partial charge on any atom is 0.262 e. The topological polar surface area (TPSA) is 90.3 Å². The first-order valence-electron chi connectivity index (χ1n) is 9.04. The van der Waals surface area contributed by atoms with Crippen molar-refractivity contribution in [1.29, 1.82) is 5.26 Å². The van der Waals surface area contributed by atoms with Gasteiger partial charge in [-0.25, -0.2) is 0 Å². The predicted octanol–water partition coefficient (Wildman–Crippen LogP) is 3.89. The SMILES string of the molecule is Cc1sc(NC(=O)C(CC(C)C)N2C(=O)c3ccccc3C2=O)c(C#N)c1C. The molecule has 2 heterocycles. The number of hydrogen-bond acceptors (Lipinski definition) is 5.